The van der Waals surface area contributed by atoms with Crippen LogP contribution in [-0.4, -0.2) is 20.6 Å². The average molecular weight is 285 g/mol. The van der Waals surface area contributed by atoms with Crippen LogP contribution in [0.4, 0.5) is 11.5 Å². The normalized spacial score (nSPS) is 9.95. The molecule has 1 N–H and O–H groups in total. The summed E-state index contributed by atoms with van der Waals surface area (Å²) in [6, 6.07) is 5.87. The maximum atomic E-state index is 12.2. The second-order valence-electron chi connectivity index (χ2n) is 4.39. The first-order valence-corrected chi connectivity index (χ1v) is 5.92. The summed E-state index contributed by atoms with van der Waals surface area (Å²) in [4.78, 5) is 22.3. The topological polar surface area (TPSA) is 114 Å². The van der Waals surface area contributed by atoms with Crippen molar-refractivity contribution in [2.75, 3.05) is 5.32 Å². The first-order chi connectivity index (χ1) is 9.92. The molecule has 0 saturated carbocycles. The van der Waals surface area contributed by atoms with Gasteiger partial charge in [-0.3, -0.25) is 19.6 Å². The lowest BCUT2D eigenvalue weighted by Crippen LogP contribution is -2.14. The van der Waals surface area contributed by atoms with Crippen molar-refractivity contribution in [3.05, 3.63) is 51.2 Å². The van der Waals surface area contributed by atoms with Crippen LogP contribution in [0, 0.1) is 28.4 Å². The molecule has 0 unspecified atom stereocenters. The minimum absolute atomic E-state index is 0.0837. The Bertz CT molecular complexity index is 773. The number of benzene rings is 1. The Hall–Kier alpha value is -3.21. The summed E-state index contributed by atoms with van der Waals surface area (Å²) < 4.78 is 1.41. The van der Waals surface area contributed by atoms with Gasteiger partial charge in [-0.1, -0.05) is 0 Å². The standard InChI is InChI=1S/C13H11N5O3/c1-8-5-10(18(20)21)3-4-11(8)13(19)15-12-9(6-14)7-17(2)16-12/h3-5,7H,1-2H3,(H,15,16,19). The van der Waals surface area contributed by atoms with E-state index in [2.05, 4.69) is 10.4 Å². The molecule has 0 aliphatic carbocycles. The highest BCUT2D eigenvalue weighted by Crippen LogP contribution is 2.19. The number of nitro benzene ring substituents is 1. The summed E-state index contributed by atoms with van der Waals surface area (Å²) in [6.45, 7) is 1.60. The van der Waals surface area contributed by atoms with Crippen LogP contribution >= 0.6 is 0 Å². The van der Waals surface area contributed by atoms with Crippen molar-refractivity contribution in [3.63, 3.8) is 0 Å². The highest BCUT2D eigenvalue weighted by Gasteiger charge is 2.16. The van der Waals surface area contributed by atoms with Gasteiger partial charge >= 0.3 is 0 Å². The van der Waals surface area contributed by atoms with Crippen LogP contribution < -0.4 is 5.32 Å². The molecule has 2 rings (SSSR count). The van der Waals surface area contributed by atoms with E-state index in [1.54, 1.807) is 14.0 Å². The third-order valence-corrected chi connectivity index (χ3v) is 2.85. The van der Waals surface area contributed by atoms with Crippen molar-refractivity contribution in [1.82, 2.24) is 9.78 Å². The molecule has 8 nitrogen and oxygen atoms in total. The molecule has 0 aliphatic rings. The molecule has 0 radical (unpaired) electrons. The molecule has 21 heavy (non-hydrogen) atoms. The quantitative estimate of drug-likeness (QED) is 0.681. The Balaban J connectivity index is 2.29. The maximum Gasteiger partial charge on any atom is 0.269 e. The third kappa shape index (κ3) is 2.87. The van der Waals surface area contributed by atoms with Crippen molar-refractivity contribution in [1.29, 1.82) is 5.26 Å². The van der Waals surface area contributed by atoms with Crippen molar-refractivity contribution < 1.29 is 9.72 Å². The number of anilines is 1. The molecule has 106 valence electrons. The predicted molar refractivity (Wildman–Crippen MR) is 73.7 cm³/mol. The molecule has 1 aromatic carbocycles. The first-order valence-electron chi connectivity index (χ1n) is 5.92. The molecule has 1 aromatic heterocycles. The Morgan fingerprint density at radius 1 is 1.52 bits per heavy atom. The molecule has 2 aromatic rings. The molecule has 0 bridgehead atoms. The molecule has 8 heteroatoms. The lowest BCUT2D eigenvalue weighted by Gasteiger charge is -2.05. The number of nitrogens with one attached hydrogen (secondary N) is 1. The van der Waals surface area contributed by atoms with Crippen LogP contribution in [0.2, 0.25) is 0 Å². The van der Waals surface area contributed by atoms with Crippen molar-refractivity contribution in [2.45, 2.75) is 6.92 Å². The van der Waals surface area contributed by atoms with Gasteiger partial charge in [0.05, 0.1) is 4.92 Å². The minimum Gasteiger partial charge on any atom is -0.304 e. The van der Waals surface area contributed by atoms with Crippen LogP contribution in [0.25, 0.3) is 0 Å². The summed E-state index contributed by atoms with van der Waals surface area (Å²) in [5.74, 6) is -0.319. The van der Waals surface area contributed by atoms with Gasteiger partial charge < -0.3 is 5.32 Å². The number of hydrogen-bond acceptors (Lipinski definition) is 5. The third-order valence-electron chi connectivity index (χ3n) is 2.85. The number of carbonyl (C=O) groups is 1. The van der Waals surface area contributed by atoms with Gasteiger partial charge in [-0.25, -0.2) is 0 Å². The molecule has 0 saturated heterocycles. The van der Waals surface area contributed by atoms with Gasteiger partial charge in [0, 0.05) is 30.9 Å². The number of aromatic nitrogens is 2. The summed E-state index contributed by atoms with van der Waals surface area (Å²) in [5.41, 5.74) is 0.913. The molecule has 0 aliphatic heterocycles. The van der Waals surface area contributed by atoms with E-state index >= 15 is 0 Å². The fourth-order valence-electron chi connectivity index (χ4n) is 1.85. The maximum absolute atomic E-state index is 12.2. The van der Waals surface area contributed by atoms with E-state index in [-0.39, 0.29) is 22.6 Å². The molecular formula is C13H11N5O3. The number of carbonyl (C=O) groups excluding carboxylic acids is 1. The van der Waals surface area contributed by atoms with Crippen LogP contribution in [0.5, 0.6) is 0 Å². The largest absolute Gasteiger partial charge is 0.304 e. The van der Waals surface area contributed by atoms with Gasteiger partial charge in [0.2, 0.25) is 0 Å². The molecular weight excluding hydrogens is 274 g/mol. The fourth-order valence-corrected chi connectivity index (χ4v) is 1.85. The Kier molecular flexibility index (Phi) is 3.67. The second-order valence-corrected chi connectivity index (χ2v) is 4.39. The molecule has 1 heterocycles. The molecule has 0 atom stereocenters. The molecule has 1 amide bonds. The lowest BCUT2D eigenvalue weighted by molar-refractivity contribution is -0.384. The van der Waals surface area contributed by atoms with E-state index in [1.807, 2.05) is 6.07 Å². The SMILES string of the molecule is Cc1cc([N+](=O)[O-])ccc1C(=O)Nc1nn(C)cc1C#N. The van der Waals surface area contributed by atoms with Crippen molar-refractivity contribution in [2.24, 2.45) is 7.05 Å². The van der Waals surface area contributed by atoms with Crippen LogP contribution in [-0.2, 0) is 7.05 Å². The van der Waals surface area contributed by atoms with E-state index < -0.39 is 10.8 Å². The van der Waals surface area contributed by atoms with Crippen LogP contribution in [0.1, 0.15) is 21.5 Å². The van der Waals surface area contributed by atoms with Gasteiger partial charge in [0.15, 0.2) is 5.82 Å². The Labute approximate surface area is 119 Å². The number of amides is 1. The lowest BCUT2D eigenvalue weighted by atomic mass is 10.1. The second kappa shape index (κ2) is 5.42. The van der Waals surface area contributed by atoms with E-state index in [1.165, 1.54) is 29.1 Å². The monoisotopic (exact) mass is 285 g/mol. The molecule has 0 fully saturated rings. The van der Waals surface area contributed by atoms with E-state index in [0.717, 1.165) is 0 Å². The predicted octanol–water partition coefficient (Wildman–Crippen LogP) is 1.76. The number of rotatable bonds is 3. The zero-order valence-electron chi connectivity index (χ0n) is 11.3. The van der Waals surface area contributed by atoms with Crippen LogP contribution in [0.15, 0.2) is 24.4 Å². The number of non-ortho nitro benzene ring substituents is 1. The average Bonchev–Trinajstić information content (AvgIpc) is 2.78. The van der Waals surface area contributed by atoms with E-state index in [9.17, 15) is 14.9 Å². The van der Waals surface area contributed by atoms with E-state index in [0.29, 0.717) is 5.56 Å². The van der Waals surface area contributed by atoms with Crippen molar-refractivity contribution in [3.8, 4) is 6.07 Å². The Morgan fingerprint density at radius 3 is 2.81 bits per heavy atom. The highest BCUT2D eigenvalue weighted by molar-refractivity contribution is 6.05. The zero-order valence-corrected chi connectivity index (χ0v) is 11.3. The zero-order chi connectivity index (χ0) is 15.6. The van der Waals surface area contributed by atoms with Gasteiger partial charge in [-0.05, 0) is 18.6 Å². The van der Waals surface area contributed by atoms with Crippen molar-refractivity contribution >= 4 is 17.4 Å². The van der Waals surface area contributed by atoms with Gasteiger partial charge in [-0.15, -0.1) is 0 Å². The first kappa shape index (κ1) is 14.2. The Morgan fingerprint density at radius 2 is 2.24 bits per heavy atom. The number of nitriles is 1. The fraction of sp³-hybridized carbons (Fsp3) is 0.154. The number of aryl methyl sites for hydroxylation is 2. The summed E-state index contributed by atoms with van der Waals surface area (Å²) >= 11 is 0. The van der Waals surface area contributed by atoms with Gasteiger partial charge in [0.25, 0.3) is 11.6 Å². The number of nitrogens with zero attached hydrogens (tertiary/aromatic N) is 4. The highest BCUT2D eigenvalue weighted by atomic mass is 16.6. The van der Waals surface area contributed by atoms with Crippen LogP contribution in [0.3, 0.4) is 0 Å². The number of nitro groups is 1. The number of hydrogen-bond donors (Lipinski definition) is 1. The van der Waals surface area contributed by atoms with Gasteiger partial charge in [-0.2, -0.15) is 10.4 Å². The summed E-state index contributed by atoms with van der Waals surface area (Å²) in [7, 11) is 1.63. The van der Waals surface area contributed by atoms with E-state index in [4.69, 9.17) is 5.26 Å². The summed E-state index contributed by atoms with van der Waals surface area (Å²) in [5, 5.41) is 26.1. The molecule has 0 spiro atoms. The smallest absolute Gasteiger partial charge is 0.269 e. The minimum atomic E-state index is -0.527. The summed E-state index contributed by atoms with van der Waals surface area (Å²) in [6.07, 6.45) is 1.48. The van der Waals surface area contributed by atoms with Gasteiger partial charge in [0.1, 0.15) is 11.6 Å².